The topological polar surface area (TPSA) is 49.2 Å². The van der Waals surface area contributed by atoms with Crippen LogP contribution >= 0.6 is 15.9 Å². The van der Waals surface area contributed by atoms with Crippen LogP contribution in [0.4, 0.5) is 5.82 Å². The molecular formula is C12H18BrN3O. The lowest BCUT2D eigenvalue weighted by Gasteiger charge is -2.36. The number of aromatic nitrogens is 2. The largest absolute Gasteiger partial charge is 0.396 e. The van der Waals surface area contributed by atoms with Crippen LogP contribution in [0.15, 0.2) is 10.7 Å². The molecule has 1 aliphatic heterocycles. The zero-order chi connectivity index (χ0) is 12.3. The number of rotatable bonds is 3. The van der Waals surface area contributed by atoms with Gasteiger partial charge in [0.1, 0.15) is 16.2 Å². The van der Waals surface area contributed by atoms with E-state index in [0.29, 0.717) is 6.04 Å². The third-order valence-corrected chi connectivity index (χ3v) is 3.58. The van der Waals surface area contributed by atoms with Gasteiger partial charge in [-0.25, -0.2) is 9.97 Å². The quantitative estimate of drug-likeness (QED) is 0.870. The van der Waals surface area contributed by atoms with Crippen LogP contribution in [0, 0.1) is 6.92 Å². The van der Waals surface area contributed by atoms with Crippen molar-refractivity contribution in [3.05, 3.63) is 16.5 Å². The highest BCUT2D eigenvalue weighted by molar-refractivity contribution is 9.10. The zero-order valence-electron chi connectivity index (χ0n) is 10.1. The minimum atomic E-state index is 0.242. The molecule has 1 aromatic heterocycles. The van der Waals surface area contributed by atoms with Gasteiger partial charge in [0, 0.05) is 25.3 Å². The Bertz CT molecular complexity index is 364. The molecule has 4 nitrogen and oxygen atoms in total. The maximum atomic E-state index is 9.12. The second kappa shape index (κ2) is 5.78. The van der Waals surface area contributed by atoms with Gasteiger partial charge in [0.05, 0.1) is 0 Å². The molecule has 2 heterocycles. The van der Waals surface area contributed by atoms with Crippen molar-refractivity contribution >= 4 is 21.7 Å². The Kier molecular flexibility index (Phi) is 4.34. The van der Waals surface area contributed by atoms with E-state index in [-0.39, 0.29) is 6.61 Å². The van der Waals surface area contributed by atoms with Crippen LogP contribution in [0.3, 0.4) is 0 Å². The van der Waals surface area contributed by atoms with Gasteiger partial charge >= 0.3 is 0 Å². The Morgan fingerprint density at radius 1 is 1.47 bits per heavy atom. The van der Waals surface area contributed by atoms with Crippen molar-refractivity contribution in [3.8, 4) is 0 Å². The normalized spacial score (nSPS) is 20.6. The third kappa shape index (κ3) is 3.16. The predicted molar refractivity (Wildman–Crippen MR) is 71.2 cm³/mol. The molecule has 1 aliphatic rings. The summed E-state index contributed by atoms with van der Waals surface area (Å²) in [6, 6.07) is 2.37. The second-order valence-electron chi connectivity index (χ2n) is 4.45. The fourth-order valence-corrected chi connectivity index (χ4v) is 2.88. The van der Waals surface area contributed by atoms with Gasteiger partial charge in [0.25, 0.3) is 0 Å². The monoisotopic (exact) mass is 299 g/mol. The SMILES string of the molecule is Cc1nc(Br)cc(N2CCCCC2CCO)n1. The van der Waals surface area contributed by atoms with Crippen LogP contribution in [0.5, 0.6) is 0 Å². The number of anilines is 1. The number of aryl methyl sites for hydroxylation is 1. The number of piperidine rings is 1. The molecule has 1 atom stereocenters. The first-order valence-electron chi connectivity index (χ1n) is 6.09. The Morgan fingerprint density at radius 2 is 2.29 bits per heavy atom. The van der Waals surface area contributed by atoms with E-state index in [2.05, 4.69) is 30.8 Å². The van der Waals surface area contributed by atoms with Gasteiger partial charge in [-0.05, 0) is 48.5 Å². The molecule has 94 valence electrons. The number of aliphatic hydroxyl groups excluding tert-OH is 1. The minimum absolute atomic E-state index is 0.242. The summed E-state index contributed by atoms with van der Waals surface area (Å²) in [7, 11) is 0. The third-order valence-electron chi connectivity index (χ3n) is 3.18. The molecule has 0 aromatic carbocycles. The maximum Gasteiger partial charge on any atom is 0.133 e. The van der Waals surface area contributed by atoms with E-state index >= 15 is 0 Å². The highest BCUT2D eigenvalue weighted by Gasteiger charge is 2.23. The van der Waals surface area contributed by atoms with Crippen molar-refractivity contribution in [2.24, 2.45) is 0 Å². The number of nitrogens with zero attached hydrogens (tertiary/aromatic N) is 3. The van der Waals surface area contributed by atoms with Crippen LogP contribution in [0.25, 0.3) is 0 Å². The number of halogens is 1. The molecule has 1 fully saturated rings. The van der Waals surface area contributed by atoms with Gasteiger partial charge in [-0.2, -0.15) is 0 Å². The molecule has 1 saturated heterocycles. The Hall–Kier alpha value is -0.680. The van der Waals surface area contributed by atoms with Crippen LogP contribution in [-0.4, -0.2) is 34.3 Å². The van der Waals surface area contributed by atoms with E-state index in [1.807, 2.05) is 13.0 Å². The number of hydrogen-bond acceptors (Lipinski definition) is 4. The molecule has 1 unspecified atom stereocenters. The zero-order valence-corrected chi connectivity index (χ0v) is 11.7. The molecule has 0 spiro atoms. The standard InChI is InChI=1S/C12H18BrN3O/c1-9-14-11(13)8-12(15-9)16-6-3-2-4-10(16)5-7-17/h8,10,17H,2-7H2,1H3. The molecule has 0 aliphatic carbocycles. The molecule has 2 rings (SSSR count). The van der Waals surface area contributed by atoms with E-state index in [1.54, 1.807) is 0 Å². The molecule has 17 heavy (non-hydrogen) atoms. The fourth-order valence-electron chi connectivity index (χ4n) is 2.41. The van der Waals surface area contributed by atoms with E-state index in [9.17, 15) is 0 Å². The summed E-state index contributed by atoms with van der Waals surface area (Å²) in [4.78, 5) is 11.0. The average Bonchev–Trinajstić information content (AvgIpc) is 2.29. The Balaban J connectivity index is 2.22. The van der Waals surface area contributed by atoms with Crippen molar-refractivity contribution < 1.29 is 5.11 Å². The fraction of sp³-hybridized carbons (Fsp3) is 0.667. The summed E-state index contributed by atoms with van der Waals surface area (Å²) in [5.41, 5.74) is 0. The summed E-state index contributed by atoms with van der Waals surface area (Å²) < 4.78 is 0.827. The summed E-state index contributed by atoms with van der Waals surface area (Å²) in [6.07, 6.45) is 4.40. The first-order chi connectivity index (χ1) is 8.20. The van der Waals surface area contributed by atoms with Crippen LogP contribution in [-0.2, 0) is 0 Å². The average molecular weight is 300 g/mol. The summed E-state index contributed by atoms with van der Waals surface area (Å²) in [5, 5.41) is 9.12. The van der Waals surface area contributed by atoms with Gasteiger partial charge in [0.15, 0.2) is 0 Å². The first kappa shape index (κ1) is 12.8. The molecule has 0 radical (unpaired) electrons. The van der Waals surface area contributed by atoms with Crippen molar-refractivity contribution in [1.29, 1.82) is 0 Å². The van der Waals surface area contributed by atoms with Gasteiger partial charge in [-0.15, -0.1) is 0 Å². The molecular weight excluding hydrogens is 282 g/mol. The predicted octanol–water partition coefficient (Wildman–Crippen LogP) is 2.29. The van der Waals surface area contributed by atoms with Gasteiger partial charge < -0.3 is 10.0 Å². The first-order valence-corrected chi connectivity index (χ1v) is 6.88. The van der Waals surface area contributed by atoms with Gasteiger partial charge in [-0.3, -0.25) is 0 Å². The summed E-state index contributed by atoms with van der Waals surface area (Å²) >= 11 is 3.41. The number of hydrogen-bond donors (Lipinski definition) is 1. The van der Waals surface area contributed by atoms with Crippen LogP contribution < -0.4 is 4.90 Å². The second-order valence-corrected chi connectivity index (χ2v) is 5.26. The smallest absolute Gasteiger partial charge is 0.133 e. The minimum Gasteiger partial charge on any atom is -0.396 e. The van der Waals surface area contributed by atoms with E-state index < -0.39 is 0 Å². The van der Waals surface area contributed by atoms with Crippen molar-refractivity contribution in [3.63, 3.8) is 0 Å². The lowest BCUT2D eigenvalue weighted by molar-refractivity contribution is 0.262. The highest BCUT2D eigenvalue weighted by atomic mass is 79.9. The van der Waals surface area contributed by atoms with E-state index in [1.165, 1.54) is 12.8 Å². The summed E-state index contributed by atoms with van der Waals surface area (Å²) in [5.74, 6) is 1.75. The molecule has 1 aromatic rings. The molecule has 0 amide bonds. The van der Waals surface area contributed by atoms with E-state index in [4.69, 9.17) is 5.11 Å². The Labute approximate surface area is 110 Å². The molecule has 0 saturated carbocycles. The van der Waals surface area contributed by atoms with Crippen LogP contribution in [0.2, 0.25) is 0 Å². The number of aliphatic hydroxyl groups is 1. The molecule has 1 N–H and O–H groups in total. The van der Waals surface area contributed by atoms with Crippen molar-refractivity contribution in [2.45, 2.75) is 38.6 Å². The lowest BCUT2D eigenvalue weighted by Crippen LogP contribution is -2.40. The van der Waals surface area contributed by atoms with Gasteiger partial charge in [0.2, 0.25) is 0 Å². The Morgan fingerprint density at radius 3 is 3.00 bits per heavy atom. The summed E-state index contributed by atoms with van der Waals surface area (Å²) in [6.45, 7) is 3.17. The lowest BCUT2D eigenvalue weighted by atomic mass is 10.00. The van der Waals surface area contributed by atoms with Gasteiger partial charge in [-0.1, -0.05) is 0 Å². The van der Waals surface area contributed by atoms with E-state index in [0.717, 1.165) is 35.6 Å². The van der Waals surface area contributed by atoms with Crippen LogP contribution in [0.1, 0.15) is 31.5 Å². The molecule has 5 heteroatoms. The van der Waals surface area contributed by atoms with Crippen molar-refractivity contribution in [1.82, 2.24) is 9.97 Å². The maximum absolute atomic E-state index is 9.12. The molecule has 0 bridgehead atoms. The van der Waals surface area contributed by atoms with Crippen molar-refractivity contribution in [2.75, 3.05) is 18.1 Å². The highest BCUT2D eigenvalue weighted by Crippen LogP contribution is 2.26.